The number of H-pyrrole nitrogens is 1. The number of aromatic amines is 1. The van der Waals surface area contributed by atoms with Gasteiger partial charge in [0, 0.05) is 31.7 Å². The van der Waals surface area contributed by atoms with Crippen molar-refractivity contribution in [2.75, 3.05) is 37.7 Å². The van der Waals surface area contributed by atoms with Gasteiger partial charge in [0.2, 0.25) is 5.91 Å². The number of morpholine rings is 1. The van der Waals surface area contributed by atoms with E-state index in [2.05, 4.69) is 26.1 Å². The van der Waals surface area contributed by atoms with E-state index in [0.29, 0.717) is 25.5 Å². The van der Waals surface area contributed by atoms with Gasteiger partial charge in [-0.2, -0.15) is 5.10 Å². The molecule has 4 rings (SSSR count). The standard InChI is InChI=1S/C18H23N5O2/c1-2-16-19-18(21-20-16)15-11-22(9-10-25-15)12-17(24)23-8-7-13-5-3-4-6-14(13)23/h3-6,15H,2,7-12H2,1H3,(H,19,20,21). The highest BCUT2D eigenvalue weighted by Gasteiger charge is 2.29. The third kappa shape index (κ3) is 3.29. The van der Waals surface area contributed by atoms with E-state index < -0.39 is 0 Å². The zero-order chi connectivity index (χ0) is 17.2. The topological polar surface area (TPSA) is 74.3 Å². The maximum Gasteiger partial charge on any atom is 0.241 e. The van der Waals surface area contributed by atoms with Crippen LogP contribution < -0.4 is 4.90 Å². The van der Waals surface area contributed by atoms with Crippen LogP contribution in [0.25, 0.3) is 0 Å². The van der Waals surface area contributed by atoms with Gasteiger partial charge in [-0.25, -0.2) is 4.98 Å². The molecule has 132 valence electrons. The van der Waals surface area contributed by atoms with Crippen LogP contribution in [0.3, 0.4) is 0 Å². The number of ether oxygens (including phenoxy) is 1. The molecule has 1 fully saturated rings. The van der Waals surface area contributed by atoms with Gasteiger partial charge in [-0.3, -0.25) is 14.8 Å². The summed E-state index contributed by atoms with van der Waals surface area (Å²) in [4.78, 5) is 21.3. The Morgan fingerprint density at radius 3 is 3.08 bits per heavy atom. The summed E-state index contributed by atoms with van der Waals surface area (Å²) in [6.07, 6.45) is 1.57. The van der Waals surface area contributed by atoms with Crippen LogP contribution in [0.1, 0.15) is 30.2 Å². The Hall–Kier alpha value is -2.25. The molecule has 0 saturated carbocycles. The first-order valence-corrected chi connectivity index (χ1v) is 8.88. The molecule has 7 nitrogen and oxygen atoms in total. The predicted molar refractivity (Wildman–Crippen MR) is 93.4 cm³/mol. The lowest BCUT2D eigenvalue weighted by Crippen LogP contribution is -2.45. The molecular weight excluding hydrogens is 318 g/mol. The minimum atomic E-state index is -0.177. The number of amides is 1. The third-order valence-corrected chi connectivity index (χ3v) is 4.87. The highest BCUT2D eigenvalue weighted by molar-refractivity contribution is 5.96. The van der Waals surface area contributed by atoms with Gasteiger partial charge in [-0.15, -0.1) is 0 Å². The molecule has 2 aliphatic rings. The average Bonchev–Trinajstić information content (AvgIpc) is 3.29. The zero-order valence-corrected chi connectivity index (χ0v) is 14.4. The number of aryl methyl sites for hydroxylation is 1. The molecule has 7 heteroatoms. The van der Waals surface area contributed by atoms with Crippen molar-refractivity contribution in [2.45, 2.75) is 25.9 Å². The predicted octanol–water partition coefficient (Wildman–Crippen LogP) is 1.33. The summed E-state index contributed by atoms with van der Waals surface area (Å²) in [7, 11) is 0. The number of nitrogens with one attached hydrogen (secondary N) is 1. The van der Waals surface area contributed by atoms with Gasteiger partial charge in [-0.1, -0.05) is 25.1 Å². The quantitative estimate of drug-likeness (QED) is 0.908. The summed E-state index contributed by atoms with van der Waals surface area (Å²) < 4.78 is 5.80. The van der Waals surface area contributed by atoms with Crippen molar-refractivity contribution in [2.24, 2.45) is 0 Å². The first-order valence-electron chi connectivity index (χ1n) is 8.88. The minimum absolute atomic E-state index is 0.148. The molecule has 1 N–H and O–H groups in total. The molecule has 1 unspecified atom stereocenters. The summed E-state index contributed by atoms with van der Waals surface area (Å²) in [5, 5.41) is 7.18. The average molecular weight is 341 g/mol. The Kier molecular flexibility index (Phi) is 4.50. The lowest BCUT2D eigenvalue weighted by molar-refractivity contribution is -0.121. The fourth-order valence-corrected chi connectivity index (χ4v) is 3.49. The number of aromatic nitrogens is 3. The number of nitrogens with zero attached hydrogens (tertiary/aromatic N) is 4. The Morgan fingerprint density at radius 1 is 1.36 bits per heavy atom. The number of benzene rings is 1. The van der Waals surface area contributed by atoms with Crippen LogP contribution in [0.2, 0.25) is 0 Å². The van der Waals surface area contributed by atoms with Gasteiger partial charge in [0.1, 0.15) is 11.9 Å². The van der Waals surface area contributed by atoms with Crippen LogP contribution >= 0.6 is 0 Å². The molecule has 1 atom stereocenters. The van der Waals surface area contributed by atoms with Crippen LogP contribution in [0, 0.1) is 0 Å². The Labute approximate surface area is 147 Å². The van der Waals surface area contributed by atoms with Crippen LogP contribution in [-0.4, -0.2) is 58.8 Å². The lowest BCUT2D eigenvalue weighted by Gasteiger charge is -2.32. The maximum absolute atomic E-state index is 12.8. The van der Waals surface area contributed by atoms with Gasteiger partial charge in [0.25, 0.3) is 0 Å². The van der Waals surface area contributed by atoms with E-state index in [1.807, 2.05) is 30.0 Å². The maximum atomic E-state index is 12.8. The number of carbonyl (C=O) groups excluding carboxylic acids is 1. The molecule has 2 aliphatic heterocycles. The number of hydrogen-bond acceptors (Lipinski definition) is 5. The Balaban J connectivity index is 1.40. The second-order valence-electron chi connectivity index (χ2n) is 6.51. The molecule has 0 radical (unpaired) electrons. The molecule has 0 bridgehead atoms. The van der Waals surface area contributed by atoms with Crippen LogP contribution in [0.5, 0.6) is 0 Å². The van der Waals surface area contributed by atoms with Gasteiger partial charge in [0.05, 0.1) is 13.2 Å². The first-order chi connectivity index (χ1) is 12.2. The zero-order valence-electron chi connectivity index (χ0n) is 14.4. The van der Waals surface area contributed by atoms with Gasteiger partial charge in [-0.05, 0) is 18.1 Å². The van der Waals surface area contributed by atoms with Crippen molar-refractivity contribution in [3.63, 3.8) is 0 Å². The molecule has 2 aromatic rings. The van der Waals surface area contributed by atoms with E-state index in [1.165, 1.54) is 5.56 Å². The van der Waals surface area contributed by atoms with Crippen LogP contribution in [0.4, 0.5) is 5.69 Å². The summed E-state index contributed by atoms with van der Waals surface area (Å²) in [5.74, 6) is 1.69. The summed E-state index contributed by atoms with van der Waals surface area (Å²) >= 11 is 0. The summed E-state index contributed by atoms with van der Waals surface area (Å²) in [6, 6.07) is 8.15. The SMILES string of the molecule is CCc1nc(C2CN(CC(=O)N3CCc4ccccc43)CCO2)n[nH]1. The monoisotopic (exact) mass is 341 g/mol. The van der Waals surface area contributed by atoms with Gasteiger partial charge in [0.15, 0.2) is 5.82 Å². The third-order valence-electron chi connectivity index (χ3n) is 4.87. The van der Waals surface area contributed by atoms with Crippen molar-refractivity contribution in [1.82, 2.24) is 20.1 Å². The molecule has 0 aliphatic carbocycles. The molecule has 3 heterocycles. The molecular formula is C18H23N5O2. The normalized spacial score (nSPS) is 20.7. The van der Waals surface area contributed by atoms with Gasteiger partial charge >= 0.3 is 0 Å². The molecule has 1 saturated heterocycles. The highest BCUT2D eigenvalue weighted by Crippen LogP contribution is 2.28. The van der Waals surface area contributed by atoms with E-state index in [9.17, 15) is 4.79 Å². The Bertz CT molecular complexity index is 759. The molecule has 1 aromatic carbocycles. The van der Waals surface area contributed by atoms with Crippen LogP contribution in [0.15, 0.2) is 24.3 Å². The van der Waals surface area contributed by atoms with Crippen molar-refractivity contribution in [3.05, 3.63) is 41.5 Å². The van der Waals surface area contributed by atoms with E-state index in [4.69, 9.17) is 4.74 Å². The van der Waals surface area contributed by atoms with Crippen molar-refractivity contribution in [1.29, 1.82) is 0 Å². The second-order valence-corrected chi connectivity index (χ2v) is 6.51. The summed E-state index contributed by atoms with van der Waals surface area (Å²) in [5.41, 5.74) is 2.31. The lowest BCUT2D eigenvalue weighted by atomic mass is 10.2. The first kappa shape index (κ1) is 16.2. The largest absolute Gasteiger partial charge is 0.367 e. The van der Waals surface area contributed by atoms with Gasteiger partial charge < -0.3 is 9.64 Å². The Morgan fingerprint density at radius 2 is 2.24 bits per heavy atom. The molecule has 1 aromatic heterocycles. The highest BCUT2D eigenvalue weighted by atomic mass is 16.5. The van der Waals surface area contributed by atoms with Crippen LogP contribution in [-0.2, 0) is 22.4 Å². The van der Waals surface area contributed by atoms with Crippen molar-refractivity contribution in [3.8, 4) is 0 Å². The number of para-hydroxylation sites is 1. The number of fused-ring (bicyclic) bond motifs is 1. The minimum Gasteiger partial charge on any atom is -0.367 e. The fourth-order valence-electron chi connectivity index (χ4n) is 3.49. The van der Waals surface area contributed by atoms with E-state index >= 15 is 0 Å². The number of rotatable bonds is 4. The van der Waals surface area contributed by atoms with E-state index in [0.717, 1.165) is 37.4 Å². The smallest absolute Gasteiger partial charge is 0.241 e. The number of hydrogen-bond donors (Lipinski definition) is 1. The summed E-state index contributed by atoms with van der Waals surface area (Å²) in [6.45, 7) is 5.19. The molecule has 0 spiro atoms. The van der Waals surface area contributed by atoms with Crippen molar-refractivity contribution >= 4 is 11.6 Å². The fraction of sp³-hybridized carbons (Fsp3) is 0.500. The molecule has 25 heavy (non-hydrogen) atoms. The second kappa shape index (κ2) is 6.93. The van der Waals surface area contributed by atoms with Crippen molar-refractivity contribution < 1.29 is 9.53 Å². The van der Waals surface area contributed by atoms with E-state index in [1.54, 1.807) is 0 Å². The van der Waals surface area contributed by atoms with E-state index in [-0.39, 0.29) is 12.0 Å². The number of anilines is 1. The number of carbonyl (C=O) groups is 1. The molecule has 1 amide bonds.